The summed E-state index contributed by atoms with van der Waals surface area (Å²) < 4.78 is 108. The van der Waals surface area contributed by atoms with Crippen LogP contribution in [0.25, 0.3) is 0 Å². The molecule has 0 fully saturated rings. The van der Waals surface area contributed by atoms with Crippen molar-refractivity contribution in [2.24, 2.45) is 0 Å². The van der Waals surface area contributed by atoms with Gasteiger partial charge in [0.1, 0.15) is 5.56 Å². The van der Waals surface area contributed by atoms with Crippen LogP contribution in [0.5, 0.6) is 0 Å². The Balaban J connectivity index is 3.13. The van der Waals surface area contributed by atoms with Gasteiger partial charge >= 0.3 is 11.7 Å². The number of allylic oxidation sites excluding steroid dienone is 1. The van der Waals surface area contributed by atoms with Crippen molar-refractivity contribution in [3.8, 4) is 0 Å². The number of alkyl halides is 3. The predicted octanol–water partition coefficient (Wildman–Crippen LogP) is 4.07. The molecule has 0 aliphatic heterocycles. The van der Waals surface area contributed by atoms with Crippen LogP contribution in [0.4, 0.5) is 35.1 Å². The quantitative estimate of drug-likeness (QED) is 0.256. The van der Waals surface area contributed by atoms with E-state index < -0.39 is 62.4 Å². The lowest BCUT2D eigenvalue weighted by molar-refractivity contribution is -0.608. The Morgan fingerprint density at radius 3 is 1.82 bits per heavy atom. The first-order valence-corrected chi connectivity index (χ1v) is 5.35. The summed E-state index contributed by atoms with van der Waals surface area (Å²) in [6.07, 6.45) is 0. The topological polar surface area (TPSA) is 43.1 Å². The van der Waals surface area contributed by atoms with E-state index in [1.807, 2.05) is 0 Å². The molecule has 0 aromatic heterocycles. The van der Waals surface area contributed by atoms with Crippen LogP contribution in [0.3, 0.4) is 0 Å². The summed E-state index contributed by atoms with van der Waals surface area (Å²) >= 11 is 0. The predicted molar refractivity (Wildman–Crippen MR) is 54.0 cm³/mol. The second-order valence-corrected chi connectivity index (χ2v) is 4.40. The van der Waals surface area contributed by atoms with E-state index in [-0.39, 0.29) is 0 Å². The normalized spacial score (nSPS) is 23.5. The summed E-state index contributed by atoms with van der Waals surface area (Å²) in [5.41, 5.74) is -6.05. The van der Waals surface area contributed by atoms with Crippen LogP contribution in [-0.2, 0) is 11.7 Å². The molecule has 1 aliphatic carbocycles. The van der Waals surface area contributed by atoms with Gasteiger partial charge in [-0.1, -0.05) is 0 Å². The molecule has 1 aromatic carbocycles. The van der Waals surface area contributed by atoms with Crippen molar-refractivity contribution in [2.75, 3.05) is 0 Å². The fraction of sp³-hybridized carbons (Fsp3) is 0.273. The van der Waals surface area contributed by atoms with E-state index in [1.54, 1.807) is 0 Å². The molecule has 11 heteroatoms. The molecule has 1 aromatic rings. The number of rotatable bonds is 1. The van der Waals surface area contributed by atoms with Crippen molar-refractivity contribution in [2.45, 2.75) is 18.6 Å². The number of nitrogens with zero attached hydrogens (tertiary/aromatic N) is 1. The van der Waals surface area contributed by atoms with Gasteiger partial charge in [0.25, 0.3) is 5.83 Å². The summed E-state index contributed by atoms with van der Waals surface area (Å²) in [5, 5.41) is 10.6. The molecule has 0 bridgehead atoms. The monoisotopic (exact) mass is 333 g/mol. The van der Waals surface area contributed by atoms with Gasteiger partial charge in [-0.2, -0.15) is 17.6 Å². The molecule has 0 saturated heterocycles. The minimum Gasteiger partial charge on any atom is -0.261 e. The molecule has 1 unspecified atom stereocenters. The Labute approximate surface area is 116 Å². The van der Waals surface area contributed by atoms with E-state index in [9.17, 15) is 45.2 Å². The third-order valence-corrected chi connectivity index (χ3v) is 3.22. The highest BCUT2D eigenvalue weighted by Crippen LogP contribution is 2.55. The zero-order valence-electron chi connectivity index (χ0n) is 10.3. The minimum atomic E-state index is -5.11. The van der Waals surface area contributed by atoms with Crippen molar-refractivity contribution >= 4 is 0 Å². The van der Waals surface area contributed by atoms with Crippen molar-refractivity contribution in [1.29, 1.82) is 0 Å². The molecule has 0 N–H and O–H groups in total. The lowest BCUT2D eigenvalue weighted by Crippen LogP contribution is -2.42. The van der Waals surface area contributed by atoms with Crippen molar-refractivity contribution in [3.05, 3.63) is 55.9 Å². The third kappa shape index (κ3) is 1.61. The van der Waals surface area contributed by atoms with Crippen molar-refractivity contribution < 1.29 is 40.0 Å². The maximum absolute atomic E-state index is 14.2. The first kappa shape index (κ1) is 16.2. The van der Waals surface area contributed by atoms with Crippen LogP contribution in [0.2, 0.25) is 0 Å². The van der Waals surface area contributed by atoms with Crippen LogP contribution >= 0.6 is 0 Å². The molecule has 0 radical (unpaired) electrons. The van der Waals surface area contributed by atoms with Gasteiger partial charge in [0.05, 0.1) is 10.5 Å². The molecule has 0 amide bonds. The van der Waals surface area contributed by atoms with Crippen LogP contribution < -0.4 is 0 Å². The summed E-state index contributed by atoms with van der Waals surface area (Å²) in [4.78, 5) is 8.37. The Morgan fingerprint density at radius 2 is 1.36 bits per heavy atom. The van der Waals surface area contributed by atoms with Crippen LogP contribution in [-0.4, -0.2) is 4.92 Å². The van der Waals surface area contributed by atoms with Crippen molar-refractivity contribution in [3.63, 3.8) is 0 Å². The van der Waals surface area contributed by atoms with E-state index in [2.05, 4.69) is 0 Å². The van der Waals surface area contributed by atoms with Crippen molar-refractivity contribution in [1.82, 2.24) is 0 Å². The van der Waals surface area contributed by atoms with E-state index in [0.717, 1.165) is 0 Å². The smallest absolute Gasteiger partial charge is 0.261 e. The fourth-order valence-corrected chi connectivity index (χ4v) is 2.16. The van der Waals surface area contributed by atoms with Gasteiger partial charge in [-0.25, -0.2) is 17.6 Å². The van der Waals surface area contributed by atoms with Gasteiger partial charge in [-0.05, 0) is 12.5 Å². The molecule has 0 heterocycles. The van der Waals surface area contributed by atoms with E-state index in [0.29, 0.717) is 6.92 Å². The second kappa shape index (κ2) is 4.40. The molecule has 22 heavy (non-hydrogen) atoms. The highest BCUT2D eigenvalue weighted by Gasteiger charge is 2.66. The largest absolute Gasteiger partial charge is 0.442 e. The summed E-state index contributed by atoms with van der Waals surface area (Å²) in [6, 6.07) is 0. The Kier molecular flexibility index (Phi) is 3.23. The van der Waals surface area contributed by atoms with Crippen LogP contribution in [0, 0.1) is 34.5 Å². The summed E-state index contributed by atoms with van der Waals surface area (Å²) in [6.45, 7) is 0.390. The number of halogens is 8. The zero-order valence-corrected chi connectivity index (χ0v) is 10.3. The average Bonchev–Trinajstić information content (AvgIpc) is 2.44. The molecule has 2 rings (SSSR count). The average molecular weight is 333 g/mol. The van der Waals surface area contributed by atoms with Gasteiger partial charge in [-0.3, -0.25) is 10.1 Å². The highest BCUT2D eigenvalue weighted by atomic mass is 19.3. The Bertz CT molecular complexity index is 744. The van der Waals surface area contributed by atoms with E-state index in [4.69, 9.17) is 0 Å². The highest BCUT2D eigenvalue weighted by molar-refractivity contribution is 5.51. The van der Waals surface area contributed by atoms with Gasteiger partial charge in [-0.15, -0.1) is 0 Å². The zero-order chi connectivity index (χ0) is 17.2. The Hall–Kier alpha value is -2.20. The van der Waals surface area contributed by atoms with Gasteiger partial charge in [0, 0.05) is 0 Å². The lowest BCUT2D eigenvalue weighted by atomic mass is 9.83. The molecular weight excluding hydrogens is 330 g/mol. The maximum atomic E-state index is 14.2. The molecule has 120 valence electrons. The molecule has 1 aliphatic rings. The standard InChI is InChI=1S/C11H3F8NO2/c1-2-3-4(6(13)7(14)5(2)12)11(19,20(21)22)9(16)8(15)10(3,17)18/h1H3. The number of hydrogen-bond acceptors (Lipinski definition) is 2. The molecule has 1 atom stereocenters. The Morgan fingerprint density at radius 1 is 0.864 bits per heavy atom. The second-order valence-electron chi connectivity index (χ2n) is 4.40. The van der Waals surface area contributed by atoms with Gasteiger partial charge < -0.3 is 0 Å². The lowest BCUT2D eigenvalue weighted by Gasteiger charge is -2.30. The summed E-state index contributed by atoms with van der Waals surface area (Å²) in [5.74, 6) is -24.0. The van der Waals surface area contributed by atoms with Gasteiger partial charge in [0.15, 0.2) is 17.5 Å². The minimum absolute atomic E-state index is 0.390. The van der Waals surface area contributed by atoms with Crippen LogP contribution in [0.1, 0.15) is 16.7 Å². The first-order valence-electron chi connectivity index (χ1n) is 5.35. The number of benzene rings is 1. The first-order chi connectivity index (χ1) is 9.90. The van der Waals surface area contributed by atoms with Crippen LogP contribution in [0.15, 0.2) is 11.7 Å². The van der Waals surface area contributed by atoms with E-state index >= 15 is 0 Å². The fourth-order valence-electron chi connectivity index (χ4n) is 2.16. The summed E-state index contributed by atoms with van der Waals surface area (Å²) in [7, 11) is 0. The molecular formula is C11H3F8NO2. The maximum Gasteiger partial charge on any atom is 0.442 e. The molecule has 0 saturated carbocycles. The molecule has 3 nitrogen and oxygen atoms in total. The van der Waals surface area contributed by atoms with E-state index in [1.165, 1.54) is 0 Å². The van der Waals surface area contributed by atoms with Gasteiger partial charge in [0.2, 0.25) is 5.83 Å². The number of nitro groups is 1. The number of hydrogen-bond donors (Lipinski definition) is 0. The molecule has 0 spiro atoms. The SMILES string of the molecule is Cc1c(F)c(F)c(F)c2c1C(F)(F)C(F)=C(F)C2(F)[N+](=O)[O-]. The number of fused-ring (bicyclic) bond motifs is 1. The third-order valence-electron chi connectivity index (χ3n) is 3.22.